The molecule has 17 heavy (non-hydrogen) atoms. The maximum absolute atomic E-state index is 3.53. The second-order valence-electron chi connectivity index (χ2n) is 4.73. The predicted molar refractivity (Wildman–Crippen MR) is 80.3 cm³/mol. The second kappa shape index (κ2) is 6.81. The molecule has 2 atom stereocenters. The Hall–Kier alpha value is 0.01000. The van der Waals surface area contributed by atoms with E-state index in [0.717, 1.165) is 5.25 Å². The van der Waals surface area contributed by atoms with Crippen LogP contribution in [0.5, 0.6) is 0 Å². The summed E-state index contributed by atoms with van der Waals surface area (Å²) in [5.74, 6) is 1.35. The SMILES string of the molecule is CCc1ccc(CC(NC)C2CCCCS2)s1. The molecule has 0 radical (unpaired) electrons. The first kappa shape index (κ1) is 13.4. The summed E-state index contributed by atoms with van der Waals surface area (Å²) in [5.41, 5.74) is 0. The summed E-state index contributed by atoms with van der Waals surface area (Å²) in [4.78, 5) is 3.07. The highest BCUT2D eigenvalue weighted by molar-refractivity contribution is 8.00. The van der Waals surface area contributed by atoms with E-state index in [9.17, 15) is 0 Å². The molecule has 1 aromatic heterocycles. The molecule has 1 N–H and O–H groups in total. The first-order valence-corrected chi connectivity index (χ1v) is 8.56. The fraction of sp³-hybridized carbons (Fsp3) is 0.714. The molecule has 96 valence electrons. The van der Waals surface area contributed by atoms with Gasteiger partial charge in [-0.15, -0.1) is 11.3 Å². The third-order valence-electron chi connectivity index (χ3n) is 3.52. The molecule has 1 aromatic rings. The van der Waals surface area contributed by atoms with E-state index in [-0.39, 0.29) is 0 Å². The van der Waals surface area contributed by atoms with Crippen LogP contribution in [0.25, 0.3) is 0 Å². The van der Waals surface area contributed by atoms with Crippen LogP contribution in [0, 0.1) is 0 Å². The van der Waals surface area contributed by atoms with Crippen molar-refractivity contribution < 1.29 is 0 Å². The Labute approximate surface area is 113 Å². The standard InChI is InChI=1S/C14H23NS2/c1-3-11-7-8-12(17-11)10-13(15-2)14-6-4-5-9-16-14/h7-8,13-15H,3-6,9-10H2,1-2H3. The van der Waals surface area contributed by atoms with Crippen LogP contribution < -0.4 is 5.32 Å². The van der Waals surface area contributed by atoms with Gasteiger partial charge in [-0.05, 0) is 50.6 Å². The van der Waals surface area contributed by atoms with Crippen molar-refractivity contribution in [2.45, 2.75) is 50.3 Å². The van der Waals surface area contributed by atoms with Gasteiger partial charge in [0, 0.05) is 21.0 Å². The molecule has 0 spiro atoms. The van der Waals surface area contributed by atoms with Gasteiger partial charge in [0.15, 0.2) is 0 Å². The normalized spacial score (nSPS) is 22.6. The Kier molecular flexibility index (Phi) is 5.39. The van der Waals surface area contributed by atoms with Crippen molar-refractivity contribution in [3.05, 3.63) is 21.9 Å². The van der Waals surface area contributed by atoms with Gasteiger partial charge in [-0.3, -0.25) is 0 Å². The van der Waals surface area contributed by atoms with Crippen LogP contribution in [0.2, 0.25) is 0 Å². The Morgan fingerprint density at radius 3 is 2.76 bits per heavy atom. The minimum Gasteiger partial charge on any atom is -0.316 e. The molecule has 0 amide bonds. The number of nitrogens with one attached hydrogen (secondary N) is 1. The molecule has 3 heteroatoms. The lowest BCUT2D eigenvalue weighted by Crippen LogP contribution is -2.38. The van der Waals surface area contributed by atoms with Crippen LogP contribution in [0.3, 0.4) is 0 Å². The largest absolute Gasteiger partial charge is 0.316 e. The van der Waals surface area contributed by atoms with Crippen LogP contribution >= 0.6 is 23.1 Å². The molecule has 1 saturated heterocycles. The van der Waals surface area contributed by atoms with Gasteiger partial charge in [0.1, 0.15) is 0 Å². The van der Waals surface area contributed by atoms with Gasteiger partial charge in [0.2, 0.25) is 0 Å². The van der Waals surface area contributed by atoms with Crippen LogP contribution in [-0.2, 0) is 12.8 Å². The highest BCUT2D eigenvalue weighted by Crippen LogP contribution is 2.30. The van der Waals surface area contributed by atoms with E-state index in [4.69, 9.17) is 0 Å². The van der Waals surface area contributed by atoms with E-state index < -0.39 is 0 Å². The van der Waals surface area contributed by atoms with E-state index in [1.165, 1.54) is 42.7 Å². The van der Waals surface area contributed by atoms with Crippen molar-refractivity contribution in [1.29, 1.82) is 0 Å². The summed E-state index contributed by atoms with van der Waals surface area (Å²) >= 11 is 4.16. The van der Waals surface area contributed by atoms with Crippen molar-refractivity contribution in [2.75, 3.05) is 12.8 Å². The average molecular weight is 269 g/mol. The Bertz CT molecular complexity index is 329. The van der Waals surface area contributed by atoms with E-state index in [1.807, 2.05) is 11.3 Å². The first-order valence-electron chi connectivity index (χ1n) is 6.70. The number of likely N-dealkylation sites (N-methyl/N-ethyl adjacent to an activating group) is 1. The quantitative estimate of drug-likeness (QED) is 0.874. The maximum Gasteiger partial charge on any atom is 0.0231 e. The molecule has 1 nitrogen and oxygen atoms in total. The van der Waals surface area contributed by atoms with Crippen molar-refractivity contribution in [2.24, 2.45) is 0 Å². The van der Waals surface area contributed by atoms with Crippen molar-refractivity contribution in [3.63, 3.8) is 0 Å². The molecular weight excluding hydrogens is 246 g/mol. The zero-order valence-corrected chi connectivity index (χ0v) is 12.5. The highest BCUT2D eigenvalue weighted by atomic mass is 32.2. The highest BCUT2D eigenvalue weighted by Gasteiger charge is 2.23. The number of aryl methyl sites for hydroxylation is 1. The zero-order chi connectivity index (χ0) is 12.1. The minimum absolute atomic E-state index is 0.656. The molecule has 1 aliphatic rings. The smallest absolute Gasteiger partial charge is 0.0231 e. The lowest BCUT2D eigenvalue weighted by Gasteiger charge is -2.29. The van der Waals surface area contributed by atoms with Crippen molar-refractivity contribution in [1.82, 2.24) is 5.32 Å². The summed E-state index contributed by atoms with van der Waals surface area (Å²) in [6.45, 7) is 2.24. The minimum atomic E-state index is 0.656. The average Bonchev–Trinajstić information content (AvgIpc) is 2.84. The number of rotatable bonds is 5. The molecule has 0 aromatic carbocycles. The fourth-order valence-corrected chi connectivity index (χ4v) is 4.93. The number of hydrogen-bond donors (Lipinski definition) is 1. The van der Waals surface area contributed by atoms with Gasteiger partial charge in [-0.25, -0.2) is 0 Å². The van der Waals surface area contributed by atoms with Crippen LogP contribution in [0.1, 0.15) is 35.9 Å². The fourth-order valence-electron chi connectivity index (χ4n) is 2.44. The van der Waals surface area contributed by atoms with Gasteiger partial charge < -0.3 is 5.32 Å². The molecule has 1 aliphatic heterocycles. The van der Waals surface area contributed by atoms with E-state index in [1.54, 1.807) is 4.88 Å². The molecule has 0 saturated carbocycles. The monoisotopic (exact) mass is 269 g/mol. The Morgan fingerprint density at radius 2 is 2.18 bits per heavy atom. The van der Waals surface area contributed by atoms with Gasteiger partial charge >= 0.3 is 0 Å². The topological polar surface area (TPSA) is 12.0 Å². The predicted octanol–water partition coefficient (Wildman–Crippen LogP) is 3.73. The maximum atomic E-state index is 3.53. The van der Waals surface area contributed by atoms with Gasteiger partial charge in [0.05, 0.1) is 0 Å². The van der Waals surface area contributed by atoms with Crippen LogP contribution in [0.15, 0.2) is 12.1 Å². The summed E-state index contributed by atoms with van der Waals surface area (Å²) in [6.07, 6.45) is 6.60. The lowest BCUT2D eigenvalue weighted by atomic mass is 10.0. The molecule has 1 fully saturated rings. The van der Waals surface area contributed by atoms with Gasteiger partial charge in [-0.2, -0.15) is 11.8 Å². The van der Waals surface area contributed by atoms with E-state index in [2.05, 4.69) is 43.2 Å². The summed E-state index contributed by atoms with van der Waals surface area (Å²) < 4.78 is 0. The van der Waals surface area contributed by atoms with E-state index in [0.29, 0.717) is 6.04 Å². The van der Waals surface area contributed by atoms with Gasteiger partial charge in [0.25, 0.3) is 0 Å². The summed E-state index contributed by atoms with van der Waals surface area (Å²) in [6, 6.07) is 5.27. The molecule has 0 aliphatic carbocycles. The number of thiophene rings is 1. The molecular formula is C14H23NS2. The van der Waals surface area contributed by atoms with Crippen molar-refractivity contribution >= 4 is 23.1 Å². The Balaban J connectivity index is 1.93. The van der Waals surface area contributed by atoms with Crippen molar-refractivity contribution in [3.8, 4) is 0 Å². The number of thioether (sulfide) groups is 1. The van der Waals surface area contributed by atoms with Crippen LogP contribution in [0.4, 0.5) is 0 Å². The third kappa shape index (κ3) is 3.73. The van der Waals surface area contributed by atoms with Gasteiger partial charge in [-0.1, -0.05) is 13.3 Å². The zero-order valence-electron chi connectivity index (χ0n) is 10.9. The second-order valence-corrected chi connectivity index (χ2v) is 7.33. The molecule has 2 rings (SSSR count). The molecule has 2 unspecified atom stereocenters. The van der Waals surface area contributed by atoms with Crippen LogP contribution in [-0.4, -0.2) is 24.1 Å². The summed E-state index contributed by atoms with van der Waals surface area (Å²) in [7, 11) is 2.12. The van der Waals surface area contributed by atoms with E-state index >= 15 is 0 Å². The summed E-state index contributed by atoms with van der Waals surface area (Å²) in [5, 5.41) is 4.35. The lowest BCUT2D eigenvalue weighted by molar-refractivity contribution is 0.497. The Morgan fingerprint density at radius 1 is 1.35 bits per heavy atom. The first-order chi connectivity index (χ1) is 8.33. The molecule has 2 heterocycles. The third-order valence-corrected chi connectivity index (χ3v) is 6.29. The number of hydrogen-bond acceptors (Lipinski definition) is 3. The molecule has 0 bridgehead atoms.